The molecule has 0 amide bonds. The van der Waals surface area contributed by atoms with E-state index in [1.807, 2.05) is 24.3 Å². The highest BCUT2D eigenvalue weighted by molar-refractivity contribution is 6.30. The first-order valence-electron chi connectivity index (χ1n) is 18.2. The zero-order valence-corrected chi connectivity index (χ0v) is 29.3. The molecule has 0 saturated carbocycles. The van der Waals surface area contributed by atoms with E-state index in [2.05, 4.69) is 158 Å². The molecule has 0 atom stereocenters. The van der Waals surface area contributed by atoms with Crippen LogP contribution in [0.15, 0.2) is 168 Å². The summed E-state index contributed by atoms with van der Waals surface area (Å²) in [7, 11) is 0. The van der Waals surface area contributed by atoms with Crippen LogP contribution in [0.2, 0.25) is 0 Å². The van der Waals surface area contributed by atoms with Crippen LogP contribution in [-0.2, 0) is 5.41 Å². The molecular weight excluding hydrogens is 647 g/mol. The molecule has 1 aliphatic carbocycles. The topological polar surface area (TPSA) is 43.9 Å². The van der Waals surface area contributed by atoms with Gasteiger partial charge in [-0.25, -0.2) is 9.97 Å². The fraction of sp³-hybridized carbons (Fsp3) is 0.0612. The van der Waals surface area contributed by atoms with Crippen molar-refractivity contribution in [3.8, 4) is 50.7 Å². The molecule has 4 heteroatoms. The lowest BCUT2D eigenvalue weighted by Gasteiger charge is -2.22. The normalized spacial score (nSPS) is 13.2. The zero-order chi connectivity index (χ0) is 35.3. The van der Waals surface area contributed by atoms with Crippen LogP contribution in [-0.4, -0.2) is 14.5 Å². The molecule has 7 aromatic carbocycles. The van der Waals surface area contributed by atoms with Crippen LogP contribution < -0.4 is 0 Å². The first-order chi connectivity index (χ1) is 26.1. The molecule has 250 valence electrons. The summed E-state index contributed by atoms with van der Waals surface area (Å²) in [5.41, 5.74) is 15.1. The molecule has 11 rings (SSSR count). The molecule has 0 bridgehead atoms. The van der Waals surface area contributed by atoms with Crippen molar-refractivity contribution in [1.29, 1.82) is 0 Å². The van der Waals surface area contributed by atoms with Gasteiger partial charge >= 0.3 is 0 Å². The molecule has 1 aliphatic rings. The number of furan rings is 1. The lowest BCUT2D eigenvalue weighted by Crippen LogP contribution is -2.15. The predicted octanol–water partition coefficient (Wildman–Crippen LogP) is 12.8. The number of benzene rings is 7. The van der Waals surface area contributed by atoms with E-state index in [1.165, 1.54) is 38.5 Å². The van der Waals surface area contributed by atoms with Crippen molar-refractivity contribution >= 4 is 43.7 Å². The number of para-hydroxylation sites is 2. The third-order valence-electron chi connectivity index (χ3n) is 11.2. The molecule has 0 N–H and O–H groups in total. The van der Waals surface area contributed by atoms with Crippen molar-refractivity contribution in [2.45, 2.75) is 19.3 Å². The van der Waals surface area contributed by atoms with Gasteiger partial charge in [0, 0.05) is 49.5 Å². The average molecular weight is 680 g/mol. The third-order valence-corrected chi connectivity index (χ3v) is 11.2. The van der Waals surface area contributed by atoms with E-state index in [9.17, 15) is 0 Å². The van der Waals surface area contributed by atoms with E-state index in [0.29, 0.717) is 5.82 Å². The molecule has 0 saturated heterocycles. The minimum absolute atomic E-state index is 0.230. The highest BCUT2D eigenvalue weighted by Gasteiger charge is 2.41. The quantitative estimate of drug-likeness (QED) is 0.186. The molecule has 3 aromatic heterocycles. The van der Waals surface area contributed by atoms with E-state index in [-0.39, 0.29) is 5.41 Å². The largest absolute Gasteiger partial charge is 0.456 e. The van der Waals surface area contributed by atoms with Crippen LogP contribution >= 0.6 is 0 Å². The smallest absolute Gasteiger partial charge is 0.160 e. The molecule has 53 heavy (non-hydrogen) atoms. The van der Waals surface area contributed by atoms with E-state index >= 15 is 0 Å². The average Bonchev–Trinajstić information content (AvgIpc) is 3.84. The molecule has 0 spiro atoms. The number of rotatable bonds is 4. The van der Waals surface area contributed by atoms with Crippen LogP contribution in [0.3, 0.4) is 0 Å². The number of nitrogens with zero attached hydrogens (tertiary/aromatic N) is 3. The second-order valence-corrected chi connectivity index (χ2v) is 14.5. The zero-order valence-electron chi connectivity index (χ0n) is 29.3. The Morgan fingerprint density at radius 1 is 0.547 bits per heavy atom. The standard InChI is InChI=1S/C49H33N3O/c1-49(2)37-22-12-9-19-34(37)42-43-35-20-10-13-23-40(35)52(46(43)44-36-21-11-14-24-41(36)53-47(44)45(42)49)33-27-25-31(26-28-33)39-29-38(30-15-5-3-6-16-30)50-48(51-39)32-17-7-4-8-18-32/h3-29H,1-2H3. The van der Waals surface area contributed by atoms with Crippen molar-refractivity contribution in [3.05, 3.63) is 175 Å². The fourth-order valence-corrected chi connectivity index (χ4v) is 8.79. The number of fused-ring (bicyclic) bond motifs is 12. The first kappa shape index (κ1) is 29.9. The fourth-order valence-electron chi connectivity index (χ4n) is 8.79. The molecule has 10 aromatic rings. The van der Waals surface area contributed by atoms with Crippen molar-refractivity contribution in [2.75, 3.05) is 0 Å². The Hall–Kier alpha value is -6.78. The summed E-state index contributed by atoms with van der Waals surface area (Å²) in [6, 6.07) is 57.7. The Morgan fingerprint density at radius 2 is 1.15 bits per heavy atom. The molecule has 0 fully saturated rings. The molecule has 4 nitrogen and oxygen atoms in total. The monoisotopic (exact) mass is 679 g/mol. The molecule has 0 radical (unpaired) electrons. The molecule has 3 heterocycles. The summed E-state index contributed by atoms with van der Waals surface area (Å²) in [5, 5.41) is 4.79. The van der Waals surface area contributed by atoms with Gasteiger partial charge in [-0.1, -0.05) is 147 Å². The van der Waals surface area contributed by atoms with Gasteiger partial charge in [-0.3, -0.25) is 0 Å². The van der Waals surface area contributed by atoms with Crippen LogP contribution in [0, 0.1) is 0 Å². The first-order valence-corrected chi connectivity index (χ1v) is 18.2. The van der Waals surface area contributed by atoms with Gasteiger partial charge in [0.15, 0.2) is 5.82 Å². The Bertz CT molecular complexity index is 3000. The number of hydrogen-bond donors (Lipinski definition) is 0. The number of aromatic nitrogens is 3. The Kier molecular flexibility index (Phi) is 6.27. The van der Waals surface area contributed by atoms with Gasteiger partial charge < -0.3 is 8.98 Å². The predicted molar refractivity (Wildman–Crippen MR) is 218 cm³/mol. The summed E-state index contributed by atoms with van der Waals surface area (Å²) in [6.45, 7) is 4.68. The molecule has 0 unspecified atom stereocenters. The van der Waals surface area contributed by atoms with Crippen LogP contribution in [0.5, 0.6) is 0 Å². The summed E-state index contributed by atoms with van der Waals surface area (Å²) in [6.07, 6.45) is 0. The maximum absolute atomic E-state index is 6.90. The SMILES string of the molecule is CC1(C)c2ccccc2-c2c1c1oc3ccccc3c1c1c2c2ccccc2n1-c1ccc(-c2cc(-c3ccccc3)nc(-c3ccccc3)n2)cc1. The highest BCUT2D eigenvalue weighted by Crippen LogP contribution is 2.57. The van der Waals surface area contributed by atoms with Crippen molar-refractivity contribution in [1.82, 2.24) is 14.5 Å². The van der Waals surface area contributed by atoms with Crippen LogP contribution in [0.25, 0.3) is 94.5 Å². The second kappa shape index (κ2) is 11.1. The van der Waals surface area contributed by atoms with Crippen molar-refractivity contribution < 1.29 is 4.42 Å². The minimum atomic E-state index is -0.230. The van der Waals surface area contributed by atoms with E-state index in [0.717, 1.165) is 61.2 Å². The second-order valence-electron chi connectivity index (χ2n) is 14.5. The van der Waals surface area contributed by atoms with Crippen LogP contribution in [0.4, 0.5) is 0 Å². The molecule has 0 aliphatic heterocycles. The van der Waals surface area contributed by atoms with Crippen LogP contribution in [0.1, 0.15) is 25.0 Å². The summed E-state index contributed by atoms with van der Waals surface area (Å²) >= 11 is 0. The highest BCUT2D eigenvalue weighted by atomic mass is 16.3. The minimum Gasteiger partial charge on any atom is -0.456 e. The van der Waals surface area contributed by atoms with Crippen molar-refractivity contribution in [3.63, 3.8) is 0 Å². The molecular formula is C49H33N3O. The Morgan fingerprint density at radius 3 is 1.91 bits per heavy atom. The Balaban J connectivity index is 1.18. The Labute approximate surface area is 306 Å². The lowest BCUT2D eigenvalue weighted by molar-refractivity contribution is 0.620. The summed E-state index contributed by atoms with van der Waals surface area (Å²) in [5.74, 6) is 0.708. The van der Waals surface area contributed by atoms with Gasteiger partial charge in [0.25, 0.3) is 0 Å². The van der Waals surface area contributed by atoms with Gasteiger partial charge in [0.2, 0.25) is 0 Å². The maximum atomic E-state index is 6.90. The lowest BCUT2D eigenvalue weighted by atomic mass is 9.81. The van der Waals surface area contributed by atoms with E-state index in [1.54, 1.807) is 0 Å². The van der Waals surface area contributed by atoms with Crippen molar-refractivity contribution in [2.24, 2.45) is 0 Å². The van der Waals surface area contributed by atoms with Gasteiger partial charge in [0.05, 0.1) is 27.8 Å². The maximum Gasteiger partial charge on any atom is 0.160 e. The van der Waals surface area contributed by atoms with Gasteiger partial charge in [-0.05, 0) is 47.0 Å². The van der Waals surface area contributed by atoms with Gasteiger partial charge in [-0.2, -0.15) is 0 Å². The third kappa shape index (κ3) is 4.30. The van der Waals surface area contributed by atoms with Gasteiger partial charge in [0.1, 0.15) is 11.2 Å². The van der Waals surface area contributed by atoms with E-state index < -0.39 is 0 Å². The summed E-state index contributed by atoms with van der Waals surface area (Å²) in [4.78, 5) is 10.1. The summed E-state index contributed by atoms with van der Waals surface area (Å²) < 4.78 is 9.34. The number of hydrogen-bond acceptors (Lipinski definition) is 3. The van der Waals surface area contributed by atoms with Gasteiger partial charge in [-0.15, -0.1) is 0 Å². The van der Waals surface area contributed by atoms with E-state index in [4.69, 9.17) is 14.4 Å².